The molecule has 1 N–H and O–H groups in total. The molecule has 0 radical (unpaired) electrons. The van der Waals surface area contributed by atoms with E-state index < -0.39 is 0 Å². The molecule has 3 heterocycles. The second kappa shape index (κ2) is 6.26. The summed E-state index contributed by atoms with van der Waals surface area (Å²) in [5.74, 6) is -0.212. The number of quaternary nitrogens is 1. The van der Waals surface area contributed by atoms with Crippen molar-refractivity contribution in [3.63, 3.8) is 0 Å². The van der Waals surface area contributed by atoms with Crippen molar-refractivity contribution < 1.29 is 14.1 Å². The predicted octanol–water partition coefficient (Wildman–Crippen LogP) is 0.654. The minimum atomic E-state index is -0.319. The number of nitrogens with one attached hydrogen (secondary N) is 1. The molecule has 24 heavy (non-hydrogen) atoms. The number of oxazole rings is 1. The average molecular weight is 344 g/mol. The van der Waals surface area contributed by atoms with Crippen LogP contribution in [-0.2, 0) is 6.67 Å². The van der Waals surface area contributed by atoms with Gasteiger partial charge in [0.2, 0.25) is 0 Å². The normalized spacial score (nSPS) is 15.9. The van der Waals surface area contributed by atoms with Gasteiger partial charge < -0.3 is 14.2 Å². The second-order valence-electron chi connectivity index (χ2n) is 5.94. The minimum Gasteiger partial charge on any atom is -0.408 e. The van der Waals surface area contributed by atoms with E-state index in [0.29, 0.717) is 25.3 Å². The topological polar surface area (TPSA) is 59.9 Å². The first-order chi connectivity index (χ1) is 11.7. The molecule has 1 aliphatic rings. The number of carbonyl (C=O) groups excluding carboxylic acids is 1. The molecule has 1 aromatic carbocycles. The molecule has 0 bridgehead atoms. The van der Waals surface area contributed by atoms with Crippen molar-refractivity contribution in [3.05, 3.63) is 57.2 Å². The summed E-state index contributed by atoms with van der Waals surface area (Å²) in [7, 11) is 0. The lowest BCUT2D eigenvalue weighted by molar-refractivity contribution is -0.926. The number of aromatic nitrogens is 1. The van der Waals surface area contributed by atoms with Crippen molar-refractivity contribution in [2.45, 2.75) is 6.67 Å². The van der Waals surface area contributed by atoms with Crippen LogP contribution in [0.3, 0.4) is 0 Å². The summed E-state index contributed by atoms with van der Waals surface area (Å²) in [5, 5.41) is 1.92. The van der Waals surface area contributed by atoms with Crippen LogP contribution in [0.5, 0.6) is 0 Å². The molecule has 1 saturated heterocycles. The van der Waals surface area contributed by atoms with Gasteiger partial charge in [0, 0.05) is 0 Å². The molecule has 1 amide bonds. The third kappa shape index (κ3) is 2.76. The molecule has 0 spiro atoms. The zero-order valence-electron chi connectivity index (χ0n) is 13.1. The second-order valence-corrected chi connectivity index (χ2v) is 6.89. The molecule has 1 fully saturated rings. The molecule has 0 aliphatic carbocycles. The van der Waals surface area contributed by atoms with Crippen LogP contribution >= 0.6 is 11.3 Å². The largest absolute Gasteiger partial charge is 0.424 e. The third-order valence-corrected chi connectivity index (χ3v) is 5.30. The van der Waals surface area contributed by atoms with Gasteiger partial charge in [0.15, 0.2) is 12.3 Å². The lowest BCUT2D eigenvalue weighted by Crippen LogP contribution is -3.14. The number of piperazine rings is 1. The Bertz CT molecular complexity index is 905. The van der Waals surface area contributed by atoms with Crippen molar-refractivity contribution in [2.24, 2.45) is 0 Å². The Labute approximate surface area is 142 Å². The fraction of sp³-hybridized carbons (Fsp3) is 0.294. The van der Waals surface area contributed by atoms with Gasteiger partial charge in [-0.05, 0) is 23.6 Å². The number of nitrogens with zero attached hydrogens (tertiary/aromatic N) is 2. The van der Waals surface area contributed by atoms with E-state index in [1.165, 1.54) is 16.2 Å². The number of rotatable bonds is 3. The summed E-state index contributed by atoms with van der Waals surface area (Å²) in [6.45, 7) is 3.62. The molecule has 7 heteroatoms. The fourth-order valence-electron chi connectivity index (χ4n) is 3.13. The van der Waals surface area contributed by atoms with Crippen LogP contribution in [0.4, 0.5) is 0 Å². The van der Waals surface area contributed by atoms with E-state index in [2.05, 4.69) is 0 Å². The highest BCUT2D eigenvalue weighted by atomic mass is 32.1. The first-order valence-electron chi connectivity index (χ1n) is 7.97. The van der Waals surface area contributed by atoms with Gasteiger partial charge >= 0.3 is 5.76 Å². The molecule has 6 nitrogen and oxygen atoms in total. The van der Waals surface area contributed by atoms with E-state index in [-0.39, 0.29) is 11.7 Å². The molecule has 124 valence electrons. The Morgan fingerprint density at radius 1 is 1.17 bits per heavy atom. The van der Waals surface area contributed by atoms with E-state index in [0.717, 1.165) is 23.5 Å². The van der Waals surface area contributed by atoms with Crippen molar-refractivity contribution in [3.8, 4) is 0 Å². The Morgan fingerprint density at radius 3 is 2.71 bits per heavy atom. The Morgan fingerprint density at radius 2 is 1.96 bits per heavy atom. The summed E-state index contributed by atoms with van der Waals surface area (Å²) >= 11 is 1.48. The molecule has 0 saturated carbocycles. The molecule has 4 rings (SSSR count). The first kappa shape index (κ1) is 15.2. The SMILES string of the molecule is O=C(c1cccs1)N1CC[NH+](Cn2c(=O)oc3ccccc32)CC1. The van der Waals surface area contributed by atoms with Crippen molar-refractivity contribution in [1.82, 2.24) is 9.47 Å². The lowest BCUT2D eigenvalue weighted by Gasteiger charge is -2.31. The van der Waals surface area contributed by atoms with Gasteiger partial charge in [-0.3, -0.25) is 4.79 Å². The van der Waals surface area contributed by atoms with Gasteiger partial charge in [-0.2, -0.15) is 0 Å². The maximum atomic E-state index is 12.4. The van der Waals surface area contributed by atoms with Gasteiger partial charge in [0.1, 0.15) is 0 Å². The van der Waals surface area contributed by atoms with Gasteiger partial charge in [-0.15, -0.1) is 11.3 Å². The van der Waals surface area contributed by atoms with Gasteiger partial charge in [0.05, 0.1) is 36.6 Å². The molecular weight excluding hydrogens is 326 g/mol. The quantitative estimate of drug-likeness (QED) is 0.759. The van der Waals surface area contributed by atoms with Crippen LogP contribution in [0.2, 0.25) is 0 Å². The van der Waals surface area contributed by atoms with Crippen LogP contribution in [0.15, 0.2) is 51.0 Å². The molecule has 0 unspecified atom stereocenters. The summed E-state index contributed by atoms with van der Waals surface area (Å²) < 4.78 is 6.96. The van der Waals surface area contributed by atoms with E-state index in [9.17, 15) is 9.59 Å². The highest BCUT2D eigenvalue weighted by molar-refractivity contribution is 7.12. The first-order valence-corrected chi connectivity index (χ1v) is 8.85. The number of fused-ring (bicyclic) bond motifs is 1. The van der Waals surface area contributed by atoms with E-state index in [4.69, 9.17) is 4.42 Å². The van der Waals surface area contributed by atoms with Crippen molar-refractivity contribution in [1.29, 1.82) is 0 Å². The van der Waals surface area contributed by atoms with Crippen molar-refractivity contribution in [2.75, 3.05) is 26.2 Å². The highest BCUT2D eigenvalue weighted by Crippen LogP contribution is 2.12. The van der Waals surface area contributed by atoms with Crippen molar-refractivity contribution >= 4 is 28.3 Å². The van der Waals surface area contributed by atoms with Crippen LogP contribution in [0, 0.1) is 0 Å². The maximum absolute atomic E-state index is 12.4. The van der Waals surface area contributed by atoms with Crippen LogP contribution in [-0.4, -0.2) is 41.6 Å². The molecular formula is C17H18N3O3S+. The van der Waals surface area contributed by atoms with Gasteiger partial charge in [0.25, 0.3) is 5.91 Å². The summed E-state index contributed by atoms with van der Waals surface area (Å²) in [6, 6.07) is 11.2. The number of thiophene rings is 1. The molecule has 2 aromatic heterocycles. The molecule has 1 aliphatic heterocycles. The van der Waals surface area contributed by atoms with E-state index in [1.807, 2.05) is 40.6 Å². The number of hydrogen-bond donors (Lipinski definition) is 1. The number of amides is 1. The lowest BCUT2D eigenvalue weighted by atomic mass is 10.3. The van der Waals surface area contributed by atoms with Crippen LogP contribution in [0.25, 0.3) is 11.1 Å². The highest BCUT2D eigenvalue weighted by Gasteiger charge is 2.26. The standard InChI is InChI=1S/C17H17N3O3S/c21-16(15-6-3-11-24-15)19-9-7-18(8-10-19)12-20-13-4-1-2-5-14(13)23-17(20)22/h1-6,11H,7-10,12H2/p+1. The number of carbonyl (C=O) groups is 1. The monoisotopic (exact) mass is 344 g/mol. The maximum Gasteiger partial charge on any atom is 0.424 e. The number of hydrogen-bond acceptors (Lipinski definition) is 4. The molecule has 3 aromatic rings. The minimum absolute atomic E-state index is 0.106. The predicted molar refractivity (Wildman–Crippen MR) is 91.4 cm³/mol. The van der Waals surface area contributed by atoms with Crippen LogP contribution < -0.4 is 10.7 Å². The zero-order chi connectivity index (χ0) is 16.5. The summed E-state index contributed by atoms with van der Waals surface area (Å²) in [4.78, 5) is 28.4. The zero-order valence-corrected chi connectivity index (χ0v) is 13.9. The number of para-hydroxylation sites is 2. The summed E-state index contributed by atoms with van der Waals surface area (Å²) in [5.41, 5.74) is 1.44. The van der Waals surface area contributed by atoms with E-state index >= 15 is 0 Å². The Balaban J connectivity index is 1.44. The van der Waals surface area contributed by atoms with Gasteiger partial charge in [-0.25, -0.2) is 9.36 Å². The smallest absolute Gasteiger partial charge is 0.408 e. The average Bonchev–Trinajstić information content (AvgIpc) is 3.24. The summed E-state index contributed by atoms with van der Waals surface area (Å²) in [6.07, 6.45) is 0. The van der Waals surface area contributed by atoms with Gasteiger partial charge in [-0.1, -0.05) is 18.2 Å². The third-order valence-electron chi connectivity index (χ3n) is 4.45. The van der Waals surface area contributed by atoms with E-state index in [1.54, 1.807) is 10.6 Å². The molecule has 0 atom stereocenters. The Kier molecular flexibility index (Phi) is 3.95. The fourth-order valence-corrected chi connectivity index (χ4v) is 3.82. The van der Waals surface area contributed by atoms with Crippen LogP contribution in [0.1, 0.15) is 9.67 Å². The number of benzene rings is 1. The Hall–Kier alpha value is -2.38.